The van der Waals surface area contributed by atoms with E-state index in [0.717, 1.165) is 16.6 Å². The Bertz CT molecular complexity index is 1460. The minimum atomic E-state index is -3.74. The summed E-state index contributed by atoms with van der Waals surface area (Å²) in [6, 6.07) is 21.5. The van der Waals surface area contributed by atoms with Gasteiger partial charge in [-0.05, 0) is 53.8 Å². The fourth-order valence-electron chi connectivity index (χ4n) is 4.52. The summed E-state index contributed by atoms with van der Waals surface area (Å²) in [5, 5.41) is 3.04. The Morgan fingerprint density at radius 3 is 2.51 bits per heavy atom. The molecule has 3 aromatic carbocycles. The molecule has 0 saturated heterocycles. The number of amides is 1. The molecule has 1 aromatic heterocycles. The maximum absolute atomic E-state index is 13.4. The third-order valence-electron chi connectivity index (χ3n) is 6.49. The second kappa shape index (κ2) is 9.28. The fraction of sp³-hybridized carbons (Fsp3) is 0.259. The average molecular weight is 489 g/mol. The van der Waals surface area contributed by atoms with Gasteiger partial charge >= 0.3 is 0 Å². The Labute approximate surface area is 205 Å². The molecule has 180 valence electrons. The second-order valence-electron chi connectivity index (χ2n) is 9.22. The highest BCUT2D eigenvalue weighted by Gasteiger charge is 2.29. The summed E-state index contributed by atoms with van der Waals surface area (Å²) in [5.74, 6) is 0.398. The van der Waals surface area contributed by atoms with Gasteiger partial charge in [0.05, 0.1) is 22.0 Å². The van der Waals surface area contributed by atoms with Crippen LogP contribution < -0.4 is 5.32 Å². The van der Waals surface area contributed by atoms with E-state index in [1.165, 1.54) is 15.9 Å². The molecule has 5 rings (SSSR count). The summed E-state index contributed by atoms with van der Waals surface area (Å²) in [7, 11) is -3.74. The largest absolute Gasteiger partial charge is 0.342 e. The van der Waals surface area contributed by atoms with E-state index in [0.29, 0.717) is 30.9 Å². The number of H-pyrrole nitrogens is 1. The summed E-state index contributed by atoms with van der Waals surface area (Å²) in [6.45, 7) is 4.76. The summed E-state index contributed by atoms with van der Waals surface area (Å²) in [6.07, 6.45) is 0.670. The third kappa shape index (κ3) is 4.59. The minimum Gasteiger partial charge on any atom is -0.342 e. The summed E-state index contributed by atoms with van der Waals surface area (Å²) in [5.41, 5.74) is 4.22. The molecule has 1 aliphatic heterocycles. The highest BCUT2D eigenvalue weighted by atomic mass is 32.2. The Balaban J connectivity index is 1.38. The Morgan fingerprint density at radius 1 is 1.00 bits per heavy atom. The summed E-state index contributed by atoms with van der Waals surface area (Å²) >= 11 is 0. The third-order valence-corrected chi connectivity index (χ3v) is 8.33. The van der Waals surface area contributed by atoms with Crippen LogP contribution in [-0.4, -0.2) is 35.1 Å². The van der Waals surface area contributed by atoms with Crippen molar-refractivity contribution in [3.05, 3.63) is 95.3 Å². The Hall–Kier alpha value is -3.49. The van der Waals surface area contributed by atoms with E-state index in [1.807, 2.05) is 62.4 Å². The molecule has 35 heavy (non-hydrogen) atoms. The van der Waals surface area contributed by atoms with Crippen molar-refractivity contribution in [1.82, 2.24) is 19.6 Å². The van der Waals surface area contributed by atoms with E-state index >= 15 is 0 Å². The lowest BCUT2D eigenvalue weighted by molar-refractivity contribution is 0.0923. The van der Waals surface area contributed by atoms with Crippen LogP contribution in [0.5, 0.6) is 0 Å². The number of hydrogen-bond acceptors (Lipinski definition) is 4. The van der Waals surface area contributed by atoms with Crippen LogP contribution in [0.4, 0.5) is 0 Å². The van der Waals surface area contributed by atoms with Crippen LogP contribution >= 0.6 is 0 Å². The number of hydrogen-bond donors (Lipinski definition) is 2. The zero-order chi connectivity index (χ0) is 24.6. The lowest BCUT2D eigenvalue weighted by atomic mass is 10.0. The molecule has 8 heteroatoms. The van der Waals surface area contributed by atoms with Gasteiger partial charge in [0.15, 0.2) is 0 Å². The number of imidazole rings is 1. The molecule has 1 aliphatic rings. The van der Waals surface area contributed by atoms with E-state index < -0.39 is 10.0 Å². The zero-order valence-electron chi connectivity index (χ0n) is 19.7. The fourth-order valence-corrected chi connectivity index (χ4v) is 5.98. The van der Waals surface area contributed by atoms with Crippen LogP contribution in [0.3, 0.4) is 0 Å². The first-order valence-electron chi connectivity index (χ1n) is 11.8. The molecule has 2 heterocycles. The normalized spacial score (nSPS) is 15.2. The molecule has 0 unspecified atom stereocenters. The first-order chi connectivity index (χ1) is 16.8. The van der Waals surface area contributed by atoms with Crippen LogP contribution in [0.2, 0.25) is 0 Å². The number of sulfonamides is 1. The van der Waals surface area contributed by atoms with Crippen LogP contribution in [-0.2, 0) is 23.0 Å². The molecule has 0 aliphatic carbocycles. The second-order valence-corrected chi connectivity index (χ2v) is 11.2. The van der Waals surface area contributed by atoms with E-state index in [-0.39, 0.29) is 22.8 Å². The van der Waals surface area contributed by atoms with Gasteiger partial charge in [-0.3, -0.25) is 4.79 Å². The molecular weight excluding hydrogens is 460 g/mol. The molecule has 0 saturated carbocycles. The first kappa shape index (κ1) is 23.3. The summed E-state index contributed by atoms with van der Waals surface area (Å²) in [4.78, 5) is 21.3. The smallest absolute Gasteiger partial charge is 0.251 e. The van der Waals surface area contributed by atoms with Crippen molar-refractivity contribution in [3.63, 3.8) is 0 Å². The number of aromatic nitrogens is 2. The number of carbonyl (C=O) groups excluding carboxylic acids is 1. The molecular formula is C27H28N4O3S. The molecule has 0 radical (unpaired) electrons. The van der Waals surface area contributed by atoms with Gasteiger partial charge in [0, 0.05) is 18.7 Å². The first-order valence-corrected chi connectivity index (χ1v) is 13.2. The van der Waals surface area contributed by atoms with E-state index in [1.54, 1.807) is 18.2 Å². The average Bonchev–Trinajstić information content (AvgIpc) is 3.30. The number of para-hydroxylation sites is 2. The highest BCUT2D eigenvalue weighted by Crippen LogP contribution is 2.26. The van der Waals surface area contributed by atoms with Gasteiger partial charge in [0.25, 0.3) is 5.91 Å². The number of aromatic amines is 1. The van der Waals surface area contributed by atoms with E-state index in [4.69, 9.17) is 0 Å². The number of nitrogens with zero attached hydrogens (tertiary/aromatic N) is 2. The number of fused-ring (bicyclic) bond motifs is 2. The number of nitrogens with one attached hydrogen (secondary N) is 2. The van der Waals surface area contributed by atoms with Crippen molar-refractivity contribution in [3.8, 4) is 0 Å². The van der Waals surface area contributed by atoms with Gasteiger partial charge in [-0.1, -0.05) is 56.3 Å². The predicted molar refractivity (Wildman–Crippen MR) is 135 cm³/mol. The minimum absolute atomic E-state index is 0.0693. The maximum atomic E-state index is 13.4. The maximum Gasteiger partial charge on any atom is 0.251 e. The van der Waals surface area contributed by atoms with Crippen LogP contribution in [0, 0.1) is 5.92 Å². The molecule has 0 spiro atoms. The topological polar surface area (TPSA) is 95.2 Å². The van der Waals surface area contributed by atoms with Gasteiger partial charge in [-0.15, -0.1) is 0 Å². The lowest BCUT2D eigenvalue weighted by Crippen LogP contribution is -2.36. The van der Waals surface area contributed by atoms with Crippen molar-refractivity contribution < 1.29 is 13.2 Å². The molecule has 0 bridgehead atoms. The Kier molecular flexibility index (Phi) is 6.17. The standard InChI is InChI=1S/C27H28N4O3S/c1-18(2)25(26-28-23-12-5-6-13-24(23)29-26)30-27(32)20-10-7-11-22(16-20)35(33,34)31-15-14-19-8-3-4-9-21(19)17-31/h3-13,16,18,25H,14-15,17H2,1-2H3,(H,28,29)(H,30,32)/t25-/m0/s1. The quantitative estimate of drug-likeness (QED) is 0.420. The molecule has 4 aromatic rings. The van der Waals surface area contributed by atoms with Gasteiger partial charge < -0.3 is 10.3 Å². The van der Waals surface area contributed by atoms with Crippen molar-refractivity contribution in [1.29, 1.82) is 0 Å². The molecule has 2 N–H and O–H groups in total. The monoisotopic (exact) mass is 488 g/mol. The van der Waals surface area contributed by atoms with E-state index in [2.05, 4.69) is 15.3 Å². The van der Waals surface area contributed by atoms with Crippen LogP contribution in [0.25, 0.3) is 11.0 Å². The number of rotatable bonds is 6. The molecule has 0 fully saturated rings. The Morgan fingerprint density at radius 2 is 1.74 bits per heavy atom. The van der Waals surface area contributed by atoms with Crippen molar-refractivity contribution in [2.75, 3.05) is 6.54 Å². The zero-order valence-corrected chi connectivity index (χ0v) is 20.5. The lowest BCUT2D eigenvalue weighted by Gasteiger charge is -2.28. The molecule has 7 nitrogen and oxygen atoms in total. The molecule has 1 atom stereocenters. The number of carbonyl (C=O) groups is 1. The van der Waals surface area contributed by atoms with Crippen molar-refractivity contribution in [2.45, 2.75) is 37.8 Å². The van der Waals surface area contributed by atoms with E-state index in [9.17, 15) is 13.2 Å². The van der Waals surface area contributed by atoms with Gasteiger partial charge in [-0.2, -0.15) is 4.31 Å². The highest BCUT2D eigenvalue weighted by molar-refractivity contribution is 7.89. The van der Waals surface area contributed by atoms with Crippen molar-refractivity contribution in [2.24, 2.45) is 5.92 Å². The molecule has 1 amide bonds. The van der Waals surface area contributed by atoms with Gasteiger partial charge in [-0.25, -0.2) is 13.4 Å². The van der Waals surface area contributed by atoms with Gasteiger partial charge in [0.1, 0.15) is 5.82 Å². The predicted octanol–water partition coefficient (Wildman–Crippen LogP) is 4.44. The summed E-state index contributed by atoms with van der Waals surface area (Å²) < 4.78 is 28.3. The van der Waals surface area contributed by atoms with Crippen molar-refractivity contribution >= 4 is 27.0 Å². The number of benzene rings is 3. The van der Waals surface area contributed by atoms with Crippen LogP contribution in [0.1, 0.15) is 47.2 Å². The van der Waals surface area contributed by atoms with Crippen LogP contribution in [0.15, 0.2) is 77.7 Å². The van der Waals surface area contributed by atoms with Gasteiger partial charge in [0.2, 0.25) is 10.0 Å². The SMILES string of the molecule is CC(C)[C@H](NC(=O)c1cccc(S(=O)(=O)N2CCc3ccccc3C2)c1)c1nc2ccccc2[nH]1.